The van der Waals surface area contributed by atoms with Crippen molar-refractivity contribution in [2.45, 2.75) is 26.7 Å². The lowest BCUT2D eigenvalue weighted by molar-refractivity contribution is -0.136. The summed E-state index contributed by atoms with van der Waals surface area (Å²) in [5.74, 6) is 0.439. The predicted octanol–water partition coefficient (Wildman–Crippen LogP) is 1.62. The highest BCUT2D eigenvalue weighted by molar-refractivity contribution is 7.15. The van der Waals surface area contributed by atoms with Gasteiger partial charge in [0, 0.05) is 11.8 Å². The van der Waals surface area contributed by atoms with Crippen molar-refractivity contribution in [3.63, 3.8) is 0 Å². The molecule has 5 nitrogen and oxygen atoms in total. The molecule has 16 heavy (non-hydrogen) atoms. The van der Waals surface area contributed by atoms with Gasteiger partial charge in [-0.2, -0.15) is 5.10 Å². The molecule has 0 fully saturated rings. The smallest absolute Gasteiger partial charge is 0.309 e. The molecular formula is C10H13N3O2S. The van der Waals surface area contributed by atoms with Crippen LogP contribution < -0.4 is 0 Å². The van der Waals surface area contributed by atoms with Crippen LogP contribution >= 0.6 is 11.3 Å². The summed E-state index contributed by atoms with van der Waals surface area (Å²) in [5, 5.41) is 14.9. The Hall–Kier alpha value is -1.43. The van der Waals surface area contributed by atoms with E-state index in [1.54, 1.807) is 9.90 Å². The molecule has 0 spiro atoms. The molecule has 2 rings (SSSR count). The Labute approximate surface area is 96.7 Å². The minimum Gasteiger partial charge on any atom is -0.481 e. The number of nitrogens with zero attached hydrogens (tertiary/aromatic N) is 3. The second-order valence-corrected chi connectivity index (χ2v) is 4.95. The molecule has 0 bridgehead atoms. The number of aliphatic carboxylic acids is 1. The van der Waals surface area contributed by atoms with Crippen molar-refractivity contribution in [3.8, 4) is 0 Å². The highest BCUT2D eigenvalue weighted by Gasteiger charge is 2.12. The molecule has 0 aromatic carbocycles. The molecule has 0 atom stereocenters. The summed E-state index contributed by atoms with van der Waals surface area (Å²) in [6.07, 6.45) is 0.811. The molecule has 0 aliphatic carbocycles. The summed E-state index contributed by atoms with van der Waals surface area (Å²) in [5.41, 5.74) is 0.690. The molecule has 0 saturated carbocycles. The summed E-state index contributed by atoms with van der Waals surface area (Å²) in [6.45, 7) is 4.21. The Morgan fingerprint density at radius 2 is 2.38 bits per heavy atom. The van der Waals surface area contributed by atoms with Gasteiger partial charge in [0.05, 0.1) is 12.1 Å². The largest absolute Gasteiger partial charge is 0.481 e. The maximum absolute atomic E-state index is 10.6. The highest BCUT2D eigenvalue weighted by Crippen LogP contribution is 2.16. The first-order valence-electron chi connectivity index (χ1n) is 5.10. The normalized spacial score (nSPS) is 11.4. The van der Waals surface area contributed by atoms with Gasteiger partial charge in [-0.05, 0) is 5.92 Å². The topological polar surface area (TPSA) is 67.5 Å². The average molecular weight is 239 g/mol. The molecule has 0 saturated heterocycles. The lowest BCUT2D eigenvalue weighted by Crippen LogP contribution is -2.04. The zero-order valence-electron chi connectivity index (χ0n) is 9.17. The minimum absolute atomic E-state index is 0.00945. The van der Waals surface area contributed by atoms with Gasteiger partial charge in [0.1, 0.15) is 0 Å². The second-order valence-electron chi connectivity index (χ2n) is 4.12. The average Bonchev–Trinajstić information content (AvgIpc) is 2.66. The van der Waals surface area contributed by atoms with Gasteiger partial charge in [-0.15, -0.1) is 11.3 Å². The molecule has 0 aliphatic heterocycles. The van der Waals surface area contributed by atoms with Crippen molar-refractivity contribution in [1.82, 2.24) is 14.6 Å². The number of aromatic nitrogens is 3. The van der Waals surface area contributed by atoms with E-state index in [1.807, 2.05) is 0 Å². The van der Waals surface area contributed by atoms with E-state index in [1.165, 1.54) is 11.3 Å². The first-order valence-corrected chi connectivity index (χ1v) is 5.98. The molecule has 1 N–H and O–H groups in total. The van der Waals surface area contributed by atoms with Crippen LogP contribution in [0.3, 0.4) is 0 Å². The van der Waals surface area contributed by atoms with E-state index in [0.717, 1.165) is 17.2 Å². The summed E-state index contributed by atoms with van der Waals surface area (Å²) in [7, 11) is 0. The molecule has 6 heteroatoms. The van der Waals surface area contributed by atoms with Gasteiger partial charge in [-0.1, -0.05) is 13.8 Å². The summed E-state index contributed by atoms with van der Waals surface area (Å²) >= 11 is 1.43. The van der Waals surface area contributed by atoms with E-state index in [4.69, 9.17) is 5.11 Å². The first-order chi connectivity index (χ1) is 7.56. The fourth-order valence-corrected chi connectivity index (χ4v) is 2.34. The standard InChI is InChI=1S/C10H13N3O2S/c1-6(2)3-8-11-10-13(12-8)7(5-16-10)4-9(14)15/h5-6H,3-4H2,1-2H3,(H,14,15). The van der Waals surface area contributed by atoms with E-state index in [-0.39, 0.29) is 6.42 Å². The lowest BCUT2D eigenvalue weighted by Gasteiger charge is -1.97. The van der Waals surface area contributed by atoms with Crippen molar-refractivity contribution in [1.29, 1.82) is 0 Å². The van der Waals surface area contributed by atoms with Crippen LogP contribution in [0, 0.1) is 5.92 Å². The Morgan fingerprint density at radius 3 is 3.00 bits per heavy atom. The van der Waals surface area contributed by atoms with Gasteiger partial charge >= 0.3 is 5.97 Å². The number of thiazole rings is 1. The Morgan fingerprint density at radius 1 is 1.62 bits per heavy atom. The molecular weight excluding hydrogens is 226 g/mol. The number of rotatable bonds is 4. The number of carbonyl (C=O) groups is 1. The number of hydrogen-bond donors (Lipinski definition) is 1. The van der Waals surface area contributed by atoms with Crippen LogP contribution in [0.2, 0.25) is 0 Å². The van der Waals surface area contributed by atoms with Crippen molar-refractivity contribution >= 4 is 22.3 Å². The Kier molecular flexibility index (Phi) is 2.91. The van der Waals surface area contributed by atoms with Crippen LogP contribution in [0.15, 0.2) is 5.38 Å². The van der Waals surface area contributed by atoms with Crippen LogP contribution in [-0.4, -0.2) is 25.7 Å². The number of carboxylic acid groups (broad SMARTS) is 1. The molecule has 86 valence electrons. The first kappa shape index (κ1) is 11.1. The molecule has 0 aliphatic rings. The molecule has 0 radical (unpaired) electrons. The van der Waals surface area contributed by atoms with E-state index < -0.39 is 5.97 Å². The number of fused-ring (bicyclic) bond motifs is 1. The van der Waals surface area contributed by atoms with Crippen LogP contribution in [0.25, 0.3) is 4.96 Å². The fraction of sp³-hybridized carbons (Fsp3) is 0.500. The van der Waals surface area contributed by atoms with Gasteiger partial charge in [0.2, 0.25) is 4.96 Å². The van der Waals surface area contributed by atoms with Gasteiger partial charge in [0.15, 0.2) is 5.82 Å². The van der Waals surface area contributed by atoms with Crippen LogP contribution in [-0.2, 0) is 17.6 Å². The van der Waals surface area contributed by atoms with Crippen molar-refractivity contribution < 1.29 is 9.90 Å². The fourth-order valence-electron chi connectivity index (χ4n) is 1.50. The zero-order valence-corrected chi connectivity index (χ0v) is 9.99. The molecule has 0 unspecified atom stereocenters. The zero-order chi connectivity index (χ0) is 11.7. The van der Waals surface area contributed by atoms with Crippen LogP contribution in [0.1, 0.15) is 25.4 Å². The van der Waals surface area contributed by atoms with Crippen molar-refractivity contribution in [2.24, 2.45) is 5.92 Å². The maximum Gasteiger partial charge on any atom is 0.309 e. The van der Waals surface area contributed by atoms with Gasteiger partial charge in [0.25, 0.3) is 0 Å². The summed E-state index contributed by atoms with van der Waals surface area (Å²) in [6, 6.07) is 0. The van der Waals surface area contributed by atoms with E-state index in [0.29, 0.717) is 11.6 Å². The molecule has 2 aromatic rings. The van der Waals surface area contributed by atoms with Crippen molar-refractivity contribution in [3.05, 3.63) is 16.9 Å². The van der Waals surface area contributed by atoms with Gasteiger partial charge in [-0.3, -0.25) is 4.79 Å². The Bertz CT molecular complexity index is 515. The van der Waals surface area contributed by atoms with Crippen molar-refractivity contribution in [2.75, 3.05) is 0 Å². The maximum atomic E-state index is 10.6. The summed E-state index contributed by atoms with van der Waals surface area (Å²) < 4.78 is 1.64. The highest BCUT2D eigenvalue weighted by atomic mass is 32.1. The van der Waals surface area contributed by atoms with E-state index >= 15 is 0 Å². The van der Waals surface area contributed by atoms with E-state index in [2.05, 4.69) is 23.9 Å². The SMILES string of the molecule is CC(C)Cc1nc2scc(CC(=O)O)n2n1. The third-order valence-electron chi connectivity index (χ3n) is 2.12. The van der Waals surface area contributed by atoms with Crippen LogP contribution in [0.4, 0.5) is 0 Å². The van der Waals surface area contributed by atoms with E-state index in [9.17, 15) is 4.79 Å². The molecule has 2 heterocycles. The quantitative estimate of drug-likeness (QED) is 0.880. The van der Waals surface area contributed by atoms with Gasteiger partial charge < -0.3 is 5.11 Å². The Balaban J connectivity index is 2.31. The molecule has 0 amide bonds. The molecule has 2 aromatic heterocycles. The third-order valence-corrected chi connectivity index (χ3v) is 2.98. The van der Waals surface area contributed by atoms with Crippen LogP contribution in [0.5, 0.6) is 0 Å². The lowest BCUT2D eigenvalue weighted by atomic mass is 10.1. The van der Waals surface area contributed by atoms with Gasteiger partial charge in [-0.25, -0.2) is 9.50 Å². The summed E-state index contributed by atoms with van der Waals surface area (Å²) in [4.78, 5) is 15.8. The minimum atomic E-state index is -0.847. The number of hydrogen-bond acceptors (Lipinski definition) is 4. The number of carboxylic acids is 1. The predicted molar refractivity (Wildman–Crippen MR) is 60.7 cm³/mol. The second kappa shape index (κ2) is 4.21. The monoisotopic (exact) mass is 239 g/mol. The third kappa shape index (κ3) is 2.21.